The van der Waals surface area contributed by atoms with E-state index in [-0.39, 0.29) is 0 Å². The Hall–Kier alpha value is -0.410. The molecule has 0 bridgehead atoms. The average molecular weight is 327 g/mol. The molecule has 0 spiro atoms. The van der Waals surface area contributed by atoms with Crippen LogP contribution in [0.2, 0.25) is 0 Å². The maximum Gasteiger partial charge on any atom is 0.313 e. The molecule has 21 heavy (non-hydrogen) atoms. The molecule has 0 amide bonds. The van der Waals surface area contributed by atoms with Crippen LogP contribution < -0.4 is 9.61 Å². The van der Waals surface area contributed by atoms with Crippen LogP contribution in [-0.2, 0) is 16.3 Å². The number of hydrogen-bond acceptors (Lipinski definition) is 3. The fraction of sp³-hybridized carbons (Fsp3) is 0.625. The first-order chi connectivity index (χ1) is 9.79. The Kier molecular flexibility index (Phi) is 5.48. The summed E-state index contributed by atoms with van der Waals surface area (Å²) in [7, 11) is 0. The monoisotopic (exact) mass is 327 g/mol. The van der Waals surface area contributed by atoms with E-state index in [0.29, 0.717) is 24.5 Å². The fourth-order valence-corrected chi connectivity index (χ4v) is 5.03. The number of nitrogens with one attached hydrogen (secondary N) is 1. The lowest BCUT2D eigenvalue weighted by atomic mass is 10.0. The first kappa shape index (κ1) is 17.0. The molecule has 1 saturated heterocycles. The van der Waals surface area contributed by atoms with Gasteiger partial charge < -0.3 is 9.05 Å². The summed E-state index contributed by atoms with van der Waals surface area (Å²) in [5.41, 5.74) is 2.36. The maximum absolute atomic E-state index is 6.14. The van der Waals surface area contributed by atoms with Gasteiger partial charge in [-0.1, -0.05) is 39.8 Å². The highest BCUT2D eigenvalue weighted by molar-refractivity contribution is 8.09. The van der Waals surface area contributed by atoms with E-state index in [2.05, 4.69) is 57.9 Å². The Morgan fingerprint density at radius 3 is 2.71 bits per heavy atom. The zero-order valence-electron chi connectivity index (χ0n) is 13.6. The summed E-state index contributed by atoms with van der Waals surface area (Å²) in [5, 5.41) is 3.41. The van der Waals surface area contributed by atoms with Gasteiger partial charge in [-0.25, -0.2) is 5.09 Å². The lowest BCUT2D eigenvalue weighted by Crippen LogP contribution is -2.24. The molecule has 0 aromatic heterocycles. The molecule has 2 atom stereocenters. The number of benzene rings is 1. The zero-order valence-corrected chi connectivity index (χ0v) is 15.3. The van der Waals surface area contributed by atoms with Gasteiger partial charge in [0, 0.05) is 6.04 Å². The largest absolute Gasteiger partial charge is 0.432 e. The molecule has 1 heterocycles. The van der Waals surface area contributed by atoms with Gasteiger partial charge in [0.25, 0.3) is 0 Å². The molecule has 1 fully saturated rings. The SMILES string of the molecule is Cc1ccc(C(C)C)c(OP2(=S)N[C@@H](CC(C)C)CO2)c1. The molecular formula is C16H26NO2PS. The van der Waals surface area contributed by atoms with Crippen LogP contribution in [0.4, 0.5) is 0 Å². The molecular weight excluding hydrogens is 301 g/mol. The lowest BCUT2D eigenvalue weighted by molar-refractivity contribution is 0.315. The van der Waals surface area contributed by atoms with Crippen LogP contribution in [0.3, 0.4) is 0 Å². The highest BCUT2D eigenvalue weighted by atomic mass is 32.5. The molecule has 5 heteroatoms. The maximum atomic E-state index is 6.14. The smallest absolute Gasteiger partial charge is 0.313 e. The fourth-order valence-electron chi connectivity index (χ4n) is 2.56. The quantitative estimate of drug-likeness (QED) is 0.790. The summed E-state index contributed by atoms with van der Waals surface area (Å²) in [4.78, 5) is 0. The van der Waals surface area contributed by atoms with Crippen molar-refractivity contribution >= 4 is 18.4 Å². The molecule has 0 radical (unpaired) electrons. The summed E-state index contributed by atoms with van der Waals surface area (Å²) < 4.78 is 12.0. The number of aryl methyl sites for hydroxylation is 1. The minimum absolute atomic E-state index is 0.308. The molecule has 1 aromatic rings. The van der Waals surface area contributed by atoms with E-state index in [4.69, 9.17) is 20.9 Å². The van der Waals surface area contributed by atoms with Gasteiger partial charge in [0.2, 0.25) is 0 Å². The molecule has 1 aliphatic rings. The first-order valence-corrected chi connectivity index (χ1v) is 10.3. The van der Waals surface area contributed by atoms with Crippen molar-refractivity contribution in [3.05, 3.63) is 29.3 Å². The van der Waals surface area contributed by atoms with Gasteiger partial charge in [-0.05, 0) is 54.2 Å². The predicted octanol–water partition coefficient (Wildman–Crippen LogP) is 4.76. The zero-order chi connectivity index (χ0) is 15.6. The van der Waals surface area contributed by atoms with E-state index in [0.717, 1.165) is 12.2 Å². The van der Waals surface area contributed by atoms with Crippen molar-refractivity contribution in [3.63, 3.8) is 0 Å². The molecule has 1 N–H and O–H groups in total. The molecule has 0 aliphatic carbocycles. The van der Waals surface area contributed by atoms with Crippen LogP contribution in [0.15, 0.2) is 18.2 Å². The summed E-state index contributed by atoms with van der Waals surface area (Å²) in [6, 6.07) is 6.60. The number of hydrogen-bond donors (Lipinski definition) is 1. The lowest BCUT2D eigenvalue weighted by Gasteiger charge is -2.21. The predicted molar refractivity (Wildman–Crippen MR) is 92.5 cm³/mol. The van der Waals surface area contributed by atoms with Crippen molar-refractivity contribution in [2.24, 2.45) is 5.92 Å². The van der Waals surface area contributed by atoms with Crippen LogP contribution in [0, 0.1) is 12.8 Å². The van der Waals surface area contributed by atoms with Crippen LogP contribution in [-0.4, -0.2) is 12.6 Å². The highest BCUT2D eigenvalue weighted by Gasteiger charge is 2.34. The Morgan fingerprint density at radius 2 is 2.10 bits per heavy atom. The van der Waals surface area contributed by atoms with Gasteiger partial charge in [0.15, 0.2) is 0 Å². The summed E-state index contributed by atoms with van der Waals surface area (Å²) in [6.45, 7) is 9.06. The third-order valence-corrected chi connectivity index (χ3v) is 6.02. The van der Waals surface area contributed by atoms with Crippen LogP contribution >= 0.6 is 6.64 Å². The standard InChI is InChI=1S/C16H26NO2PS/c1-11(2)8-14-10-18-20(21,17-14)19-16-9-13(5)6-7-15(16)12(3)4/h6-7,9,11-12,14H,8,10H2,1-5H3,(H,17,21)/t14-,20?/m0/s1. The van der Waals surface area contributed by atoms with Crippen molar-refractivity contribution in [1.82, 2.24) is 5.09 Å². The molecule has 1 aromatic carbocycles. The van der Waals surface area contributed by atoms with Crippen LogP contribution in [0.5, 0.6) is 5.75 Å². The second-order valence-electron chi connectivity index (χ2n) is 6.54. The highest BCUT2D eigenvalue weighted by Crippen LogP contribution is 2.51. The Labute approximate surface area is 133 Å². The van der Waals surface area contributed by atoms with E-state index >= 15 is 0 Å². The van der Waals surface area contributed by atoms with Crippen molar-refractivity contribution in [2.45, 2.75) is 53.0 Å². The summed E-state index contributed by atoms with van der Waals surface area (Å²) in [6.07, 6.45) is 1.06. The molecule has 1 aliphatic heterocycles. The van der Waals surface area contributed by atoms with Crippen LogP contribution in [0.1, 0.15) is 51.2 Å². The molecule has 2 rings (SSSR count). The van der Waals surface area contributed by atoms with E-state index in [1.54, 1.807) is 0 Å². The third-order valence-electron chi connectivity index (χ3n) is 3.55. The van der Waals surface area contributed by atoms with E-state index in [9.17, 15) is 0 Å². The van der Waals surface area contributed by atoms with Crippen molar-refractivity contribution < 1.29 is 9.05 Å². The van der Waals surface area contributed by atoms with Gasteiger partial charge in [0.1, 0.15) is 5.75 Å². The van der Waals surface area contributed by atoms with E-state index in [1.807, 2.05) is 0 Å². The summed E-state index contributed by atoms with van der Waals surface area (Å²) >= 11 is 5.62. The first-order valence-electron chi connectivity index (χ1n) is 7.61. The topological polar surface area (TPSA) is 30.5 Å². The molecule has 1 unspecified atom stereocenters. The summed E-state index contributed by atoms with van der Waals surface area (Å²) in [5.74, 6) is 1.89. The molecule has 118 valence electrons. The van der Waals surface area contributed by atoms with Gasteiger partial charge >= 0.3 is 6.64 Å². The normalized spacial score (nSPS) is 25.8. The third kappa shape index (κ3) is 4.53. The van der Waals surface area contributed by atoms with Gasteiger partial charge in [-0.15, -0.1) is 0 Å². The second-order valence-corrected chi connectivity index (χ2v) is 9.67. The van der Waals surface area contributed by atoms with Gasteiger partial charge in [-0.2, -0.15) is 0 Å². The Balaban J connectivity index is 2.15. The minimum Gasteiger partial charge on any atom is -0.432 e. The van der Waals surface area contributed by atoms with Gasteiger partial charge in [0.05, 0.1) is 6.61 Å². The Morgan fingerprint density at radius 1 is 1.38 bits per heavy atom. The molecule has 0 saturated carbocycles. The van der Waals surface area contributed by atoms with Crippen LogP contribution in [0.25, 0.3) is 0 Å². The van der Waals surface area contributed by atoms with Crippen molar-refractivity contribution in [3.8, 4) is 5.75 Å². The molecule has 3 nitrogen and oxygen atoms in total. The van der Waals surface area contributed by atoms with Gasteiger partial charge in [-0.3, -0.25) is 0 Å². The van der Waals surface area contributed by atoms with Crippen molar-refractivity contribution in [1.29, 1.82) is 0 Å². The van der Waals surface area contributed by atoms with E-state index in [1.165, 1.54) is 11.1 Å². The number of rotatable bonds is 5. The average Bonchev–Trinajstić information content (AvgIpc) is 2.69. The van der Waals surface area contributed by atoms with E-state index < -0.39 is 6.64 Å². The Bertz CT molecular complexity index is 545. The van der Waals surface area contributed by atoms with Crippen molar-refractivity contribution in [2.75, 3.05) is 6.61 Å². The second kappa shape index (κ2) is 6.78. The minimum atomic E-state index is -2.41.